The van der Waals surface area contributed by atoms with Crippen molar-refractivity contribution in [3.8, 4) is 5.69 Å². The third-order valence-corrected chi connectivity index (χ3v) is 3.65. The highest BCUT2D eigenvalue weighted by Crippen LogP contribution is 2.07. The number of nitrogens with zero attached hydrogens (tertiary/aromatic N) is 3. The van der Waals surface area contributed by atoms with E-state index >= 15 is 0 Å². The van der Waals surface area contributed by atoms with Crippen LogP contribution in [0, 0.1) is 0 Å². The highest BCUT2D eigenvalue weighted by atomic mass is 15.5. The van der Waals surface area contributed by atoms with Gasteiger partial charge in [-0.1, -0.05) is 50.8 Å². The summed E-state index contributed by atoms with van der Waals surface area (Å²) < 4.78 is 0. The van der Waals surface area contributed by atoms with Gasteiger partial charge in [0, 0.05) is 12.6 Å². The van der Waals surface area contributed by atoms with Gasteiger partial charge < -0.3 is 5.32 Å². The van der Waals surface area contributed by atoms with Crippen LogP contribution in [0.3, 0.4) is 0 Å². The van der Waals surface area contributed by atoms with E-state index in [9.17, 15) is 0 Å². The first-order valence-electron chi connectivity index (χ1n) is 7.99. The van der Waals surface area contributed by atoms with E-state index in [0.717, 1.165) is 17.9 Å². The zero-order valence-electron chi connectivity index (χ0n) is 13.1. The minimum absolute atomic E-state index is 0.531. The molecule has 0 fully saturated rings. The summed E-state index contributed by atoms with van der Waals surface area (Å²) in [6.45, 7) is 5.27. The predicted octanol–water partition coefficient (Wildman–Crippen LogP) is 3.72. The van der Waals surface area contributed by atoms with Gasteiger partial charge in [-0.2, -0.15) is 15.0 Å². The molecule has 1 aromatic heterocycles. The number of benzene rings is 1. The summed E-state index contributed by atoms with van der Waals surface area (Å²) in [6, 6.07) is 10.5. The maximum atomic E-state index is 4.51. The zero-order chi connectivity index (χ0) is 14.9. The number of para-hydroxylation sites is 1. The Kier molecular flexibility index (Phi) is 6.41. The topological polar surface area (TPSA) is 42.7 Å². The maximum Gasteiger partial charge on any atom is 0.0969 e. The molecule has 0 aliphatic rings. The van der Waals surface area contributed by atoms with Crippen molar-refractivity contribution < 1.29 is 0 Å². The second kappa shape index (κ2) is 8.57. The van der Waals surface area contributed by atoms with Gasteiger partial charge in [-0.25, -0.2) is 0 Å². The summed E-state index contributed by atoms with van der Waals surface area (Å²) >= 11 is 0. The molecular formula is C17H26N4. The van der Waals surface area contributed by atoms with Crippen LogP contribution in [0.25, 0.3) is 5.69 Å². The van der Waals surface area contributed by atoms with E-state index in [1.807, 2.05) is 36.5 Å². The fraction of sp³-hybridized carbons (Fsp3) is 0.529. The molecule has 1 N–H and O–H groups in total. The Hall–Kier alpha value is -1.68. The maximum absolute atomic E-state index is 4.51. The summed E-state index contributed by atoms with van der Waals surface area (Å²) in [4.78, 5) is 1.68. The van der Waals surface area contributed by atoms with Crippen molar-refractivity contribution in [2.45, 2.75) is 58.5 Å². The summed E-state index contributed by atoms with van der Waals surface area (Å²) in [5, 5.41) is 12.3. The second-order valence-corrected chi connectivity index (χ2v) is 5.59. The molecular weight excluding hydrogens is 260 g/mol. The highest BCUT2D eigenvalue weighted by Gasteiger charge is 2.05. The standard InChI is InChI=1S/C17H26N4/c1-3-4-5-7-10-15(2)18-13-16-14-19-21(20-16)17-11-8-6-9-12-17/h6,8-9,11-12,14-15,18H,3-5,7,10,13H2,1-2H3. The van der Waals surface area contributed by atoms with Crippen LogP contribution in [0.4, 0.5) is 0 Å². The van der Waals surface area contributed by atoms with E-state index in [-0.39, 0.29) is 0 Å². The molecule has 2 rings (SSSR count). The Morgan fingerprint density at radius 1 is 1.14 bits per heavy atom. The van der Waals surface area contributed by atoms with Crippen molar-refractivity contribution in [3.63, 3.8) is 0 Å². The fourth-order valence-corrected chi connectivity index (χ4v) is 2.32. The largest absolute Gasteiger partial charge is 0.309 e. The van der Waals surface area contributed by atoms with E-state index in [1.165, 1.54) is 32.1 Å². The van der Waals surface area contributed by atoms with Crippen LogP contribution in [0.15, 0.2) is 36.5 Å². The predicted molar refractivity (Wildman–Crippen MR) is 86.4 cm³/mol. The summed E-state index contributed by atoms with van der Waals surface area (Å²) in [5.74, 6) is 0. The molecule has 21 heavy (non-hydrogen) atoms. The smallest absolute Gasteiger partial charge is 0.0969 e. The number of unbranched alkanes of at least 4 members (excludes halogenated alkanes) is 3. The van der Waals surface area contributed by atoms with Gasteiger partial charge in [0.25, 0.3) is 0 Å². The lowest BCUT2D eigenvalue weighted by atomic mass is 10.1. The first-order valence-corrected chi connectivity index (χ1v) is 7.99. The summed E-state index contributed by atoms with van der Waals surface area (Å²) in [7, 11) is 0. The van der Waals surface area contributed by atoms with Crippen LogP contribution in [0.2, 0.25) is 0 Å². The van der Waals surface area contributed by atoms with Crippen molar-refractivity contribution in [2.75, 3.05) is 0 Å². The van der Waals surface area contributed by atoms with Gasteiger partial charge in [-0.05, 0) is 25.5 Å². The second-order valence-electron chi connectivity index (χ2n) is 5.59. The lowest BCUT2D eigenvalue weighted by molar-refractivity contribution is 0.479. The third kappa shape index (κ3) is 5.31. The van der Waals surface area contributed by atoms with Crippen LogP contribution >= 0.6 is 0 Å². The minimum atomic E-state index is 0.531. The van der Waals surface area contributed by atoms with Gasteiger partial charge in [0.05, 0.1) is 17.6 Å². The molecule has 0 amide bonds. The Morgan fingerprint density at radius 3 is 2.71 bits per heavy atom. The van der Waals surface area contributed by atoms with Gasteiger partial charge in [-0.3, -0.25) is 0 Å². The minimum Gasteiger partial charge on any atom is -0.309 e. The van der Waals surface area contributed by atoms with E-state index < -0.39 is 0 Å². The molecule has 4 nitrogen and oxygen atoms in total. The molecule has 1 aromatic carbocycles. The molecule has 0 aliphatic heterocycles. The molecule has 1 unspecified atom stereocenters. The Morgan fingerprint density at radius 2 is 1.95 bits per heavy atom. The molecule has 0 radical (unpaired) electrons. The molecule has 1 atom stereocenters. The van der Waals surface area contributed by atoms with E-state index in [2.05, 4.69) is 29.4 Å². The van der Waals surface area contributed by atoms with Gasteiger partial charge in [0.2, 0.25) is 0 Å². The number of aromatic nitrogens is 3. The molecule has 0 saturated carbocycles. The third-order valence-electron chi connectivity index (χ3n) is 3.65. The van der Waals surface area contributed by atoms with Gasteiger partial charge in [-0.15, -0.1) is 0 Å². The SMILES string of the molecule is CCCCCCC(C)NCc1cnn(-c2ccccc2)n1. The molecule has 0 saturated heterocycles. The monoisotopic (exact) mass is 286 g/mol. The van der Waals surface area contributed by atoms with Gasteiger partial charge in [0.15, 0.2) is 0 Å². The molecule has 2 aromatic rings. The molecule has 0 bridgehead atoms. The first-order chi connectivity index (χ1) is 10.3. The van der Waals surface area contributed by atoms with Crippen LogP contribution in [-0.2, 0) is 6.54 Å². The van der Waals surface area contributed by atoms with Crippen molar-refractivity contribution in [1.29, 1.82) is 0 Å². The number of hydrogen-bond acceptors (Lipinski definition) is 3. The molecule has 4 heteroatoms. The number of hydrogen-bond donors (Lipinski definition) is 1. The average Bonchev–Trinajstić information content (AvgIpc) is 2.99. The Balaban J connectivity index is 1.75. The van der Waals surface area contributed by atoms with E-state index in [4.69, 9.17) is 0 Å². The van der Waals surface area contributed by atoms with Crippen LogP contribution < -0.4 is 5.32 Å². The van der Waals surface area contributed by atoms with Crippen LogP contribution in [0.1, 0.15) is 51.6 Å². The van der Waals surface area contributed by atoms with Crippen LogP contribution in [-0.4, -0.2) is 21.0 Å². The van der Waals surface area contributed by atoms with Crippen molar-refractivity contribution in [1.82, 2.24) is 20.3 Å². The van der Waals surface area contributed by atoms with Crippen molar-refractivity contribution in [3.05, 3.63) is 42.2 Å². The van der Waals surface area contributed by atoms with Gasteiger partial charge >= 0.3 is 0 Å². The van der Waals surface area contributed by atoms with Crippen molar-refractivity contribution in [2.24, 2.45) is 0 Å². The van der Waals surface area contributed by atoms with E-state index in [1.54, 1.807) is 4.80 Å². The molecule has 0 aliphatic carbocycles. The fourth-order valence-electron chi connectivity index (χ4n) is 2.32. The highest BCUT2D eigenvalue weighted by molar-refractivity contribution is 5.28. The summed E-state index contributed by atoms with van der Waals surface area (Å²) in [6.07, 6.45) is 8.35. The number of rotatable bonds is 9. The first kappa shape index (κ1) is 15.7. The Labute approximate surface area is 127 Å². The summed E-state index contributed by atoms with van der Waals surface area (Å²) in [5.41, 5.74) is 1.98. The normalized spacial score (nSPS) is 12.5. The molecule has 1 heterocycles. The zero-order valence-corrected chi connectivity index (χ0v) is 13.1. The number of nitrogens with one attached hydrogen (secondary N) is 1. The van der Waals surface area contributed by atoms with Crippen molar-refractivity contribution >= 4 is 0 Å². The lowest BCUT2D eigenvalue weighted by Crippen LogP contribution is -2.25. The van der Waals surface area contributed by atoms with E-state index in [0.29, 0.717) is 6.04 Å². The average molecular weight is 286 g/mol. The molecule has 114 valence electrons. The molecule has 0 spiro atoms. The Bertz CT molecular complexity index is 507. The lowest BCUT2D eigenvalue weighted by Gasteiger charge is -2.12. The van der Waals surface area contributed by atoms with Gasteiger partial charge in [0.1, 0.15) is 0 Å². The van der Waals surface area contributed by atoms with Crippen LogP contribution in [0.5, 0.6) is 0 Å². The quantitative estimate of drug-likeness (QED) is 0.714.